The Kier molecular flexibility index (Phi) is 6.03. The van der Waals surface area contributed by atoms with Crippen LogP contribution in [0.5, 0.6) is 0 Å². The Balaban J connectivity index is 1.78. The molecule has 0 radical (unpaired) electrons. The van der Waals surface area contributed by atoms with Crippen LogP contribution in [-0.4, -0.2) is 16.7 Å². The zero-order valence-electron chi connectivity index (χ0n) is 16.8. The summed E-state index contributed by atoms with van der Waals surface area (Å²) in [5, 5.41) is 2.50. The molecular weight excluding hydrogens is 461 g/mol. The van der Waals surface area contributed by atoms with Crippen molar-refractivity contribution in [3.8, 4) is 0 Å². The number of anilines is 2. The van der Waals surface area contributed by atoms with Crippen LogP contribution in [0.3, 0.4) is 0 Å². The first-order valence-corrected chi connectivity index (χ1v) is 10.4. The van der Waals surface area contributed by atoms with Crippen molar-refractivity contribution < 1.29 is 26.7 Å². The lowest BCUT2D eigenvalue weighted by atomic mass is 10.2. The van der Waals surface area contributed by atoms with Gasteiger partial charge < -0.3 is 15.6 Å². The predicted molar refractivity (Wildman–Crippen MR) is 117 cm³/mol. The second kappa shape index (κ2) is 8.78. The van der Waals surface area contributed by atoms with Gasteiger partial charge in [0.15, 0.2) is 0 Å². The van der Waals surface area contributed by atoms with E-state index in [4.69, 9.17) is 5.73 Å². The number of rotatable bonds is 5. The number of amides is 1. The molecule has 0 spiro atoms. The number of benzene rings is 3. The van der Waals surface area contributed by atoms with E-state index in [-0.39, 0.29) is 12.2 Å². The predicted octanol–water partition coefficient (Wildman–Crippen LogP) is 6.20. The molecule has 0 fully saturated rings. The van der Waals surface area contributed by atoms with Crippen molar-refractivity contribution >= 4 is 39.9 Å². The highest BCUT2D eigenvalue weighted by Crippen LogP contribution is 2.38. The highest BCUT2D eigenvalue weighted by atomic mass is 32.2. The molecule has 10 heteroatoms. The number of aromatic nitrogens is 1. The van der Waals surface area contributed by atoms with Crippen molar-refractivity contribution in [2.45, 2.75) is 22.5 Å². The number of nitrogen functional groups attached to an aromatic ring is 1. The van der Waals surface area contributed by atoms with Gasteiger partial charge in [-0.2, -0.15) is 13.2 Å². The van der Waals surface area contributed by atoms with Gasteiger partial charge in [0.1, 0.15) is 11.6 Å². The molecule has 1 heterocycles. The van der Waals surface area contributed by atoms with E-state index in [0.717, 1.165) is 15.9 Å². The number of nitrogens with zero attached hydrogens (tertiary/aromatic N) is 1. The fourth-order valence-corrected chi connectivity index (χ4v) is 4.37. The van der Waals surface area contributed by atoms with E-state index in [9.17, 15) is 26.7 Å². The van der Waals surface area contributed by atoms with E-state index in [1.165, 1.54) is 36.0 Å². The third-order valence-electron chi connectivity index (χ3n) is 4.78. The number of carbonyl (C=O) groups is 1. The monoisotopic (exact) mass is 477 g/mol. The van der Waals surface area contributed by atoms with Crippen molar-refractivity contribution in [3.05, 3.63) is 84.1 Å². The van der Waals surface area contributed by atoms with Crippen molar-refractivity contribution in [2.75, 3.05) is 11.1 Å². The van der Waals surface area contributed by atoms with Crippen LogP contribution in [-0.2, 0) is 11.3 Å². The first-order valence-electron chi connectivity index (χ1n) is 9.58. The number of nitrogens with one attached hydrogen (secondary N) is 1. The van der Waals surface area contributed by atoms with Crippen LogP contribution < -0.4 is 11.1 Å². The van der Waals surface area contributed by atoms with Crippen molar-refractivity contribution in [1.82, 2.24) is 4.57 Å². The number of fused-ring (bicyclic) bond motifs is 1. The smallest absolute Gasteiger partial charge is 0.398 e. The van der Waals surface area contributed by atoms with Crippen LogP contribution in [0.1, 0.15) is 5.56 Å². The van der Waals surface area contributed by atoms with Crippen LogP contribution in [0.4, 0.5) is 33.3 Å². The van der Waals surface area contributed by atoms with Gasteiger partial charge >= 0.3 is 12.1 Å². The molecule has 3 aromatic carbocycles. The lowest BCUT2D eigenvalue weighted by Crippen LogP contribution is -2.29. The summed E-state index contributed by atoms with van der Waals surface area (Å²) in [7, 11) is 0. The summed E-state index contributed by atoms with van der Waals surface area (Å²) in [6.45, 7) is 0.0483. The van der Waals surface area contributed by atoms with Gasteiger partial charge in [0, 0.05) is 45.4 Å². The van der Waals surface area contributed by atoms with Crippen LogP contribution in [0, 0.1) is 11.6 Å². The minimum Gasteiger partial charge on any atom is -0.398 e. The Morgan fingerprint density at radius 1 is 0.970 bits per heavy atom. The van der Waals surface area contributed by atoms with Crippen molar-refractivity contribution in [3.63, 3.8) is 0 Å². The topological polar surface area (TPSA) is 60.0 Å². The molecule has 33 heavy (non-hydrogen) atoms. The number of halogens is 5. The Morgan fingerprint density at radius 3 is 2.33 bits per heavy atom. The number of para-hydroxylation sites is 1. The van der Waals surface area contributed by atoms with Crippen molar-refractivity contribution in [2.24, 2.45) is 0 Å². The van der Waals surface area contributed by atoms with Crippen LogP contribution in [0.25, 0.3) is 10.9 Å². The normalized spacial score (nSPS) is 11.7. The fraction of sp³-hybridized carbons (Fsp3) is 0.0870. The van der Waals surface area contributed by atoms with Crippen LogP contribution >= 0.6 is 11.8 Å². The number of hydrogen-bond donors (Lipinski definition) is 2. The molecule has 0 saturated carbocycles. The zero-order chi connectivity index (χ0) is 23.8. The minimum absolute atomic E-state index is 0.0483. The van der Waals surface area contributed by atoms with Gasteiger partial charge in [-0.1, -0.05) is 23.9 Å². The van der Waals surface area contributed by atoms with Crippen LogP contribution in [0.15, 0.2) is 76.7 Å². The third kappa shape index (κ3) is 5.11. The summed E-state index contributed by atoms with van der Waals surface area (Å²) in [5.74, 6) is -3.59. The highest BCUT2D eigenvalue weighted by molar-refractivity contribution is 7.99. The molecule has 0 aliphatic rings. The largest absolute Gasteiger partial charge is 0.471 e. The molecule has 0 unspecified atom stereocenters. The van der Waals surface area contributed by atoms with Crippen LogP contribution in [0.2, 0.25) is 0 Å². The second-order valence-corrected chi connectivity index (χ2v) is 8.31. The quantitative estimate of drug-likeness (QED) is 0.266. The summed E-state index contributed by atoms with van der Waals surface area (Å²) in [5.41, 5.74) is 7.31. The van der Waals surface area contributed by atoms with E-state index < -0.39 is 23.7 Å². The van der Waals surface area contributed by atoms with Gasteiger partial charge in [0.25, 0.3) is 0 Å². The molecule has 1 aromatic heterocycles. The summed E-state index contributed by atoms with van der Waals surface area (Å²) in [4.78, 5) is 12.9. The van der Waals surface area contributed by atoms with Gasteiger partial charge in [0.2, 0.25) is 0 Å². The van der Waals surface area contributed by atoms with E-state index >= 15 is 0 Å². The molecule has 0 aliphatic carbocycles. The molecule has 0 bridgehead atoms. The molecule has 0 aliphatic heterocycles. The third-order valence-corrected chi connectivity index (χ3v) is 5.91. The Labute approximate surface area is 189 Å². The summed E-state index contributed by atoms with van der Waals surface area (Å²) in [6, 6.07) is 14.6. The first kappa shape index (κ1) is 22.7. The standard InChI is InChI=1S/C23H16F5N3OS/c24-14-7-13(8-15(25)9-14)11-31-12-21(33-20-4-2-1-3-18(20)29)17-6-5-16(10-19(17)31)30-22(32)23(26,27)28/h1-10,12H,11,29H2,(H,30,32). The maximum Gasteiger partial charge on any atom is 0.471 e. The molecule has 4 nitrogen and oxygen atoms in total. The maximum atomic E-state index is 13.7. The zero-order valence-corrected chi connectivity index (χ0v) is 17.6. The van der Waals surface area contributed by atoms with E-state index in [1.807, 2.05) is 17.4 Å². The fourth-order valence-electron chi connectivity index (χ4n) is 3.34. The average molecular weight is 477 g/mol. The molecule has 0 saturated heterocycles. The first-order chi connectivity index (χ1) is 15.6. The Morgan fingerprint density at radius 2 is 1.67 bits per heavy atom. The highest BCUT2D eigenvalue weighted by Gasteiger charge is 2.38. The molecule has 4 aromatic rings. The summed E-state index contributed by atoms with van der Waals surface area (Å²) < 4.78 is 67.0. The summed E-state index contributed by atoms with van der Waals surface area (Å²) in [6.07, 6.45) is -3.32. The molecule has 3 N–H and O–H groups in total. The van der Waals surface area contributed by atoms with Gasteiger partial charge in [-0.15, -0.1) is 0 Å². The Bertz CT molecular complexity index is 1330. The van der Waals surface area contributed by atoms with Crippen molar-refractivity contribution in [1.29, 1.82) is 0 Å². The average Bonchev–Trinajstić information content (AvgIpc) is 3.05. The van der Waals surface area contributed by atoms with Gasteiger partial charge in [-0.05, 0) is 48.0 Å². The number of carbonyl (C=O) groups excluding carboxylic acids is 1. The second-order valence-electron chi connectivity index (χ2n) is 7.22. The van der Waals surface area contributed by atoms with E-state index in [0.29, 0.717) is 22.2 Å². The number of hydrogen-bond acceptors (Lipinski definition) is 3. The number of nitrogens with two attached hydrogens (primary N) is 1. The van der Waals surface area contributed by atoms with E-state index in [2.05, 4.69) is 0 Å². The lowest BCUT2D eigenvalue weighted by molar-refractivity contribution is -0.167. The Hall–Kier alpha value is -3.53. The summed E-state index contributed by atoms with van der Waals surface area (Å²) >= 11 is 1.34. The maximum absolute atomic E-state index is 13.7. The molecule has 0 atom stereocenters. The van der Waals surface area contributed by atoms with Gasteiger partial charge in [0.05, 0.1) is 5.52 Å². The van der Waals surface area contributed by atoms with E-state index in [1.54, 1.807) is 29.0 Å². The van der Waals surface area contributed by atoms with Gasteiger partial charge in [-0.3, -0.25) is 4.79 Å². The minimum atomic E-state index is -5.04. The molecule has 170 valence electrons. The molecule has 1 amide bonds. The SMILES string of the molecule is Nc1ccccc1Sc1cn(Cc2cc(F)cc(F)c2)c2cc(NC(=O)C(F)(F)F)ccc12. The lowest BCUT2D eigenvalue weighted by Gasteiger charge is -2.10. The molecular formula is C23H16F5N3OS. The molecule has 4 rings (SSSR count). The number of alkyl halides is 3. The van der Waals surface area contributed by atoms with Gasteiger partial charge in [-0.25, -0.2) is 8.78 Å².